The van der Waals surface area contributed by atoms with E-state index in [0.717, 1.165) is 37.4 Å². The summed E-state index contributed by atoms with van der Waals surface area (Å²) in [6.07, 6.45) is 4.23. The SMILES string of the molecule is CCOC(=N)COc1ccc(Cc2ccccc2)cc1.N=C(COc1ccc(Cc2ccccc2)cc1)N1CCCC1. The molecule has 0 aromatic heterocycles. The lowest BCUT2D eigenvalue weighted by Gasteiger charge is -2.18. The molecule has 0 aliphatic carbocycles. The van der Waals surface area contributed by atoms with Crippen molar-refractivity contribution in [3.8, 4) is 11.5 Å². The molecule has 1 heterocycles. The van der Waals surface area contributed by atoms with E-state index in [1.54, 1.807) is 0 Å². The van der Waals surface area contributed by atoms with Gasteiger partial charge in [-0.3, -0.25) is 10.8 Å². The number of benzene rings is 4. The zero-order chi connectivity index (χ0) is 29.4. The highest BCUT2D eigenvalue weighted by Gasteiger charge is 2.15. The number of hydrogen-bond donors (Lipinski definition) is 2. The molecule has 1 saturated heterocycles. The molecule has 6 heteroatoms. The van der Waals surface area contributed by atoms with Crippen molar-refractivity contribution in [1.29, 1.82) is 10.8 Å². The second-order valence-corrected chi connectivity index (χ2v) is 10.2. The number of nitrogens with zero attached hydrogens (tertiary/aromatic N) is 1. The summed E-state index contributed by atoms with van der Waals surface area (Å²) in [4.78, 5) is 2.10. The fourth-order valence-electron chi connectivity index (χ4n) is 4.66. The van der Waals surface area contributed by atoms with Crippen LogP contribution >= 0.6 is 0 Å². The zero-order valence-corrected chi connectivity index (χ0v) is 24.4. The van der Waals surface area contributed by atoms with Gasteiger partial charge in [0, 0.05) is 13.1 Å². The molecular weight excluding hydrogens is 522 g/mol. The number of hydrogen-bond acceptors (Lipinski definition) is 5. The van der Waals surface area contributed by atoms with Crippen molar-refractivity contribution in [3.63, 3.8) is 0 Å². The molecule has 0 unspecified atom stereocenters. The van der Waals surface area contributed by atoms with Crippen molar-refractivity contribution in [1.82, 2.24) is 4.90 Å². The van der Waals surface area contributed by atoms with Gasteiger partial charge in [-0.1, -0.05) is 84.9 Å². The standard InChI is InChI=1S/C19H22N2O.C17H19NO2/c20-19(21-12-4-5-13-21)15-22-18-10-8-17(9-11-18)14-16-6-2-1-3-7-16;1-2-19-17(18)13-20-16-10-8-15(9-11-16)12-14-6-4-3-5-7-14/h1-3,6-11,20H,4-5,12-15H2;3-11,18H,2,12-13H2,1H3. The summed E-state index contributed by atoms with van der Waals surface area (Å²) in [5.41, 5.74) is 5.11. The van der Waals surface area contributed by atoms with E-state index in [4.69, 9.17) is 25.0 Å². The molecule has 6 nitrogen and oxygen atoms in total. The fourth-order valence-corrected chi connectivity index (χ4v) is 4.66. The molecule has 5 rings (SSSR count). The van der Waals surface area contributed by atoms with Crippen LogP contribution in [0.4, 0.5) is 0 Å². The quantitative estimate of drug-likeness (QED) is 0.147. The first-order chi connectivity index (χ1) is 20.6. The molecule has 4 aromatic carbocycles. The lowest BCUT2D eigenvalue weighted by molar-refractivity contribution is 0.273. The van der Waals surface area contributed by atoms with Crippen LogP contribution in [0.3, 0.4) is 0 Å². The molecule has 1 aliphatic rings. The number of amidine groups is 1. The highest BCUT2D eigenvalue weighted by Crippen LogP contribution is 2.17. The Hall–Kier alpha value is -4.58. The van der Waals surface area contributed by atoms with Crippen LogP contribution in [0.2, 0.25) is 0 Å². The number of ether oxygens (including phenoxy) is 3. The van der Waals surface area contributed by atoms with E-state index in [1.807, 2.05) is 67.6 Å². The number of nitrogens with one attached hydrogen (secondary N) is 2. The van der Waals surface area contributed by atoms with E-state index in [2.05, 4.69) is 53.4 Å². The van der Waals surface area contributed by atoms with Gasteiger partial charge in [0.05, 0.1) is 6.61 Å². The van der Waals surface area contributed by atoms with Crippen molar-refractivity contribution in [3.05, 3.63) is 131 Å². The van der Waals surface area contributed by atoms with Crippen LogP contribution in [0.5, 0.6) is 11.5 Å². The molecule has 42 heavy (non-hydrogen) atoms. The summed E-state index contributed by atoms with van der Waals surface area (Å²) in [6.45, 7) is 4.88. The Bertz CT molecular complexity index is 1350. The first-order valence-electron chi connectivity index (χ1n) is 14.6. The van der Waals surface area contributed by atoms with Gasteiger partial charge in [-0.05, 0) is 79.1 Å². The Kier molecular flexibility index (Phi) is 12.0. The third-order valence-corrected chi connectivity index (χ3v) is 6.90. The average molecular weight is 564 g/mol. The second kappa shape index (κ2) is 16.6. The van der Waals surface area contributed by atoms with Gasteiger partial charge in [0.15, 0.2) is 6.61 Å². The molecule has 0 saturated carbocycles. The molecule has 0 bridgehead atoms. The molecular formula is C36H41N3O3. The predicted molar refractivity (Wildman–Crippen MR) is 170 cm³/mol. The van der Waals surface area contributed by atoms with Crippen LogP contribution < -0.4 is 9.47 Å². The summed E-state index contributed by atoms with van der Waals surface area (Å²) in [5.74, 6) is 2.33. The third kappa shape index (κ3) is 10.4. The topological polar surface area (TPSA) is 78.6 Å². The minimum atomic E-state index is 0.154. The molecule has 218 valence electrons. The van der Waals surface area contributed by atoms with Gasteiger partial charge in [0.25, 0.3) is 0 Å². The van der Waals surface area contributed by atoms with E-state index in [-0.39, 0.29) is 12.5 Å². The van der Waals surface area contributed by atoms with Crippen molar-refractivity contribution < 1.29 is 14.2 Å². The number of rotatable bonds is 11. The van der Waals surface area contributed by atoms with Gasteiger partial charge < -0.3 is 19.1 Å². The molecule has 0 amide bonds. The summed E-state index contributed by atoms with van der Waals surface area (Å²) in [5, 5.41) is 15.5. The van der Waals surface area contributed by atoms with Crippen LogP contribution in [0.15, 0.2) is 109 Å². The maximum absolute atomic E-state index is 8.03. The van der Waals surface area contributed by atoms with Gasteiger partial charge in [0.1, 0.15) is 23.9 Å². The van der Waals surface area contributed by atoms with Gasteiger partial charge >= 0.3 is 0 Å². The largest absolute Gasteiger partial charge is 0.486 e. The predicted octanol–water partition coefficient (Wildman–Crippen LogP) is 7.40. The summed E-state index contributed by atoms with van der Waals surface area (Å²) < 4.78 is 16.2. The minimum Gasteiger partial charge on any atom is -0.486 e. The molecule has 1 aliphatic heterocycles. The van der Waals surface area contributed by atoms with E-state index in [0.29, 0.717) is 19.0 Å². The van der Waals surface area contributed by atoms with Gasteiger partial charge in [-0.15, -0.1) is 0 Å². The minimum absolute atomic E-state index is 0.154. The average Bonchev–Trinajstić information content (AvgIpc) is 3.57. The Labute approximate surface area is 249 Å². The van der Waals surface area contributed by atoms with Crippen molar-refractivity contribution in [2.75, 3.05) is 32.9 Å². The Balaban J connectivity index is 0.000000194. The Morgan fingerprint density at radius 3 is 1.48 bits per heavy atom. The summed E-state index contributed by atoms with van der Waals surface area (Å²) in [7, 11) is 0. The lowest BCUT2D eigenvalue weighted by Crippen LogP contribution is -2.31. The molecule has 0 radical (unpaired) electrons. The fraction of sp³-hybridized carbons (Fsp3) is 0.278. The first kappa shape index (κ1) is 30.4. The maximum Gasteiger partial charge on any atom is 0.219 e. The Morgan fingerprint density at radius 2 is 1.02 bits per heavy atom. The van der Waals surface area contributed by atoms with E-state index in [9.17, 15) is 0 Å². The maximum atomic E-state index is 8.03. The van der Waals surface area contributed by atoms with Crippen molar-refractivity contribution >= 4 is 11.7 Å². The molecule has 0 spiro atoms. The second-order valence-electron chi connectivity index (χ2n) is 10.2. The highest BCUT2D eigenvalue weighted by molar-refractivity contribution is 5.80. The van der Waals surface area contributed by atoms with Crippen LogP contribution in [0.1, 0.15) is 42.0 Å². The monoisotopic (exact) mass is 563 g/mol. The van der Waals surface area contributed by atoms with Crippen LogP contribution in [0, 0.1) is 10.8 Å². The smallest absolute Gasteiger partial charge is 0.219 e. The van der Waals surface area contributed by atoms with Crippen molar-refractivity contribution in [2.45, 2.75) is 32.6 Å². The molecule has 0 atom stereocenters. The zero-order valence-electron chi connectivity index (χ0n) is 24.4. The Morgan fingerprint density at radius 1 is 0.595 bits per heavy atom. The van der Waals surface area contributed by atoms with E-state index < -0.39 is 0 Å². The third-order valence-electron chi connectivity index (χ3n) is 6.90. The summed E-state index contributed by atoms with van der Waals surface area (Å²) in [6, 6.07) is 36.9. The van der Waals surface area contributed by atoms with E-state index in [1.165, 1.54) is 35.1 Å². The van der Waals surface area contributed by atoms with Crippen molar-refractivity contribution in [2.24, 2.45) is 0 Å². The molecule has 2 N–H and O–H groups in total. The molecule has 4 aromatic rings. The highest BCUT2D eigenvalue weighted by atomic mass is 16.5. The van der Waals surface area contributed by atoms with Gasteiger partial charge in [-0.2, -0.15) is 0 Å². The van der Waals surface area contributed by atoms with Gasteiger partial charge in [-0.25, -0.2) is 0 Å². The normalized spacial score (nSPS) is 12.2. The molecule has 1 fully saturated rings. The first-order valence-corrected chi connectivity index (χ1v) is 14.6. The van der Waals surface area contributed by atoms with Crippen LogP contribution in [0.25, 0.3) is 0 Å². The van der Waals surface area contributed by atoms with Crippen LogP contribution in [-0.2, 0) is 17.6 Å². The van der Waals surface area contributed by atoms with Gasteiger partial charge in [0.2, 0.25) is 5.90 Å². The van der Waals surface area contributed by atoms with Crippen LogP contribution in [-0.4, -0.2) is 49.5 Å². The summed E-state index contributed by atoms with van der Waals surface area (Å²) >= 11 is 0. The number of likely N-dealkylation sites (tertiary alicyclic amines) is 1. The lowest BCUT2D eigenvalue weighted by atomic mass is 10.1. The van der Waals surface area contributed by atoms with E-state index >= 15 is 0 Å².